The monoisotopic (exact) mass is 288 g/mol. The highest BCUT2D eigenvalue weighted by atomic mass is 16.6. The average molecular weight is 288 g/mol. The van der Waals surface area contributed by atoms with Gasteiger partial charge in [-0.2, -0.15) is 0 Å². The summed E-state index contributed by atoms with van der Waals surface area (Å²) in [6.45, 7) is 5.91. The van der Waals surface area contributed by atoms with Crippen molar-refractivity contribution in [1.82, 2.24) is 0 Å². The summed E-state index contributed by atoms with van der Waals surface area (Å²) in [5.74, 6) is -1.57. The summed E-state index contributed by atoms with van der Waals surface area (Å²) in [7, 11) is 0. The number of ether oxygens (including phenoxy) is 4. The minimum Gasteiger partial charge on any atom is -0.463 e. The normalized spacial score (nSPS) is 29.4. The molecule has 1 saturated heterocycles. The van der Waals surface area contributed by atoms with Crippen LogP contribution in [0, 0.1) is 5.92 Å². The van der Waals surface area contributed by atoms with Crippen molar-refractivity contribution in [2.24, 2.45) is 5.92 Å². The van der Waals surface area contributed by atoms with Crippen molar-refractivity contribution in [3.8, 4) is 0 Å². The Morgan fingerprint density at radius 2 is 1.55 bits per heavy atom. The lowest BCUT2D eigenvalue weighted by molar-refractivity contribution is -0.212. The topological polar surface area (TPSA) is 88.1 Å². The third-order valence-corrected chi connectivity index (χ3v) is 2.88. The van der Waals surface area contributed by atoms with Crippen molar-refractivity contribution in [3.63, 3.8) is 0 Å². The molecule has 0 amide bonds. The molecule has 0 spiro atoms. The molecule has 4 atom stereocenters. The van der Waals surface area contributed by atoms with Crippen LogP contribution in [-0.2, 0) is 33.3 Å². The molecule has 114 valence electrons. The van der Waals surface area contributed by atoms with E-state index in [1.807, 2.05) is 6.92 Å². The molecule has 1 fully saturated rings. The maximum Gasteiger partial charge on any atom is 0.303 e. The van der Waals surface area contributed by atoms with Crippen LogP contribution >= 0.6 is 0 Å². The van der Waals surface area contributed by atoms with Gasteiger partial charge in [-0.05, 0) is 0 Å². The van der Waals surface area contributed by atoms with Crippen LogP contribution in [0.5, 0.6) is 0 Å². The molecule has 0 N–H and O–H groups in total. The number of carbonyl (C=O) groups is 3. The maximum atomic E-state index is 11.2. The van der Waals surface area contributed by atoms with E-state index in [2.05, 4.69) is 0 Å². The minimum absolute atomic E-state index is 0.0578. The van der Waals surface area contributed by atoms with E-state index in [0.717, 1.165) is 0 Å². The van der Waals surface area contributed by atoms with E-state index >= 15 is 0 Å². The molecule has 20 heavy (non-hydrogen) atoms. The zero-order valence-electron chi connectivity index (χ0n) is 12.1. The number of hydrogen-bond acceptors (Lipinski definition) is 7. The van der Waals surface area contributed by atoms with E-state index in [1.54, 1.807) is 0 Å². The Bertz CT molecular complexity index is 379. The van der Waals surface area contributed by atoms with E-state index in [-0.39, 0.29) is 12.5 Å². The zero-order chi connectivity index (χ0) is 15.3. The molecule has 7 heteroatoms. The standard InChI is InChI=1S/C13H20O7/c1-7-5-18-11(6-17-8(2)14)13(20-10(4)16)12(7)19-9(3)15/h7,11-13H,5-6H2,1-4H3/t7?,11?,12-,13+/m1/s1. The Kier molecular flexibility index (Phi) is 5.94. The second kappa shape index (κ2) is 7.23. The molecule has 2 unspecified atom stereocenters. The molecule has 0 bridgehead atoms. The second-order valence-corrected chi connectivity index (χ2v) is 4.80. The molecule has 0 aromatic carbocycles. The Hall–Kier alpha value is -1.63. The van der Waals surface area contributed by atoms with Crippen LogP contribution in [0.4, 0.5) is 0 Å². The Morgan fingerprint density at radius 1 is 1.00 bits per heavy atom. The van der Waals surface area contributed by atoms with Crippen LogP contribution < -0.4 is 0 Å². The SMILES string of the molecule is CC(=O)OCC1OCC(C)[C@@H](OC(C)=O)[C@H]1OC(C)=O. The molecular weight excluding hydrogens is 268 g/mol. The van der Waals surface area contributed by atoms with Crippen LogP contribution in [-0.4, -0.2) is 49.4 Å². The first-order chi connectivity index (χ1) is 9.31. The number of hydrogen-bond donors (Lipinski definition) is 0. The molecule has 7 nitrogen and oxygen atoms in total. The van der Waals surface area contributed by atoms with Gasteiger partial charge in [0.1, 0.15) is 18.8 Å². The molecule has 0 aromatic heterocycles. The fourth-order valence-corrected chi connectivity index (χ4v) is 2.05. The molecule has 1 aliphatic rings. The molecular formula is C13H20O7. The van der Waals surface area contributed by atoms with Crippen molar-refractivity contribution in [3.05, 3.63) is 0 Å². The summed E-state index contributed by atoms with van der Waals surface area (Å²) >= 11 is 0. The molecule has 1 rings (SSSR count). The first-order valence-corrected chi connectivity index (χ1v) is 6.40. The van der Waals surface area contributed by atoms with Gasteiger partial charge in [-0.25, -0.2) is 0 Å². The van der Waals surface area contributed by atoms with Gasteiger partial charge in [-0.3, -0.25) is 14.4 Å². The van der Waals surface area contributed by atoms with Crippen molar-refractivity contribution in [2.75, 3.05) is 13.2 Å². The van der Waals surface area contributed by atoms with Crippen LogP contribution in [0.3, 0.4) is 0 Å². The number of rotatable bonds is 4. The summed E-state index contributed by atoms with van der Waals surface area (Å²) in [5.41, 5.74) is 0. The van der Waals surface area contributed by atoms with Crippen molar-refractivity contribution >= 4 is 17.9 Å². The summed E-state index contributed by atoms with van der Waals surface area (Å²) in [6, 6.07) is 0. The minimum atomic E-state index is -0.792. The average Bonchev–Trinajstić information content (AvgIpc) is 2.31. The van der Waals surface area contributed by atoms with Gasteiger partial charge in [0.25, 0.3) is 0 Å². The summed E-state index contributed by atoms with van der Waals surface area (Å²) in [6.07, 6.45) is -2.06. The van der Waals surface area contributed by atoms with Crippen LogP contribution in [0.1, 0.15) is 27.7 Å². The highest BCUT2D eigenvalue weighted by Crippen LogP contribution is 2.26. The second-order valence-electron chi connectivity index (χ2n) is 4.80. The van der Waals surface area contributed by atoms with E-state index in [1.165, 1.54) is 20.8 Å². The largest absolute Gasteiger partial charge is 0.463 e. The third kappa shape index (κ3) is 4.80. The van der Waals surface area contributed by atoms with Gasteiger partial charge in [-0.1, -0.05) is 6.92 Å². The predicted molar refractivity (Wildman–Crippen MR) is 66.6 cm³/mol. The Balaban J connectivity index is 2.83. The Morgan fingerprint density at radius 3 is 2.05 bits per heavy atom. The smallest absolute Gasteiger partial charge is 0.303 e. The quantitative estimate of drug-likeness (QED) is 0.548. The van der Waals surface area contributed by atoms with Crippen molar-refractivity contribution < 1.29 is 33.3 Å². The van der Waals surface area contributed by atoms with Crippen LogP contribution in [0.15, 0.2) is 0 Å². The lowest BCUT2D eigenvalue weighted by Gasteiger charge is -2.39. The predicted octanol–water partition coefficient (Wildman–Crippen LogP) is 0.448. The van der Waals surface area contributed by atoms with E-state index in [0.29, 0.717) is 6.61 Å². The van der Waals surface area contributed by atoms with Gasteiger partial charge in [0.05, 0.1) is 6.61 Å². The first kappa shape index (κ1) is 16.4. The number of carbonyl (C=O) groups excluding carboxylic acids is 3. The first-order valence-electron chi connectivity index (χ1n) is 6.40. The van der Waals surface area contributed by atoms with Crippen molar-refractivity contribution in [2.45, 2.75) is 46.0 Å². The summed E-state index contributed by atoms with van der Waals surface area (Å²) in [5, 5.41) is 0. The lowest BCUT2D eigenvalue weighted by Crippen LogP contribution is -2.54. The number of esters is 3. The van der Waals surface area contributed by atoms with Gasteiger partial charge in [0.15, 0.2) is 6.10 Å². The third-order valence-electron chi connectivity index (χ3n) is 2.88. The van der Waals surface area contributed by atoms with Gasteiger partial charge in [0.2, 0.25) is 0 Å². The van der Waals surface area contributed by atoms with Crippen LogP contribution in [0.2, 0.25) is 0 Å². The van der Waals surface area contributed by atoms with Gasteiger partial charge in [-0.15, -0.1) is 0 Å². The summed E-state index contributed by atoms with van der Waals surface area (Å²) < 4.78 is 20.8. The molecule has 0 radical (unpaired) electrons. The highest BCUT2D eigenvalue weighted by Gasteiger charge is 2.43. The van der Waals surface area contributed by atoms with E-state index < -0.39 is 36.2 Å². The van der Waals surface area contributed by atoms with Crippen LogP contribution in [0.25, 0.3) is 0 Å². The molecule has 0 aliphatic carbocycles. The lowest BCUT2D eigenvalue weighted by atomic mass is 9.93. The zero-order valence-corrected chi connectivity index (χ0v) is 12.1. The van der Waals surface area contributed by atoms with Gasteiger partial charge < -0.3 is 18.9 Å². The molecule has 1 aliphatic heterocycles. The highest BCUT2D eigenvalue weighted by molar-refractivity contribution is 5.67. The van der Waals surface area contributed by atoms with Crippen molar-refractivity contribution in [1.29, 1.82) is 0 Å². The van der Waals surface area contributed by atoms with E-state index in [9.17, 15) is 14.4 Å². The summed E-state index contributed by atoms with van der Waals surface area (Å²) in [4.78, 5) is 33.2. The van der Waals surface area contributed by atoms with Gasteiger partial charge in [0, 0.05) is 26.7 Å². The molecule has 1 heterocycles. The fourth-order valence-electron chi connectivity index (χ4n) is 2.05. The van der Waals surface area contributed by atoms with E-state index in [4.69, 9.17) is 18.9 Å². The fraction of sp³-hybridized carbons (Fsp3) is 0.769. The Labute approximate surface area is 117 Å². The maximum absolute atomic E-state index is 11.2. The molecule has 0 saturated carbocycles. The van der Waals surface area contributed by atoms with Gasteiger partial charge >= 0.3 is 17.9 Å². The molecule has 0 aromatic rings.